The SMILES string of the molecule is c1ccc2c(c1)Cc1ccc3c(c1-2)Cc1c-3ccc2nc3c4cccnc4c4cnccc4n3c12. The van der Waals surface area contributed by atoms with E-state index in [9.17, 15) is 0 Å². The van der Waals surface area contributed by atoms with Crippen LogP contribution in [0.25, 0.3) is 60.7 Å². The lowest BCUT2D eigenvalue weighted by Crippen LogP contribution is -1.95. The van der Waals surface area contributed by atoms with E-state index in [-0.39, 0.29) is 0 Å². The highest BCUT2D eigenvalue weighted by Gasteiger charge is 2.30. The lowest BCUT2D eigenvalue weighted by atomic mass is 9.95. The molecule has 35 heavy (non-hydrogen) atoms. The maximum Gasteiger partial charge on any atom is 0.147 e. The van der Waals surface area contributed by atoms with Gasteiger partial charge in [-0.25, -0.2) is 4.98 Å². The van der Waals surface area contributed by atoms with Crippen LogP contribution >= 0.6 is 0 Å². The fourth-order valence-corrected chi connectivity index (χ4v) is 6.56. The number of nitrogens with zero attached hydrogens (tertiary/aromatic N) is 4. The maximum absolute atomic E-state index is 5.14. The highest BCUT2D eigenvalue weighted by atomic mass is 15.0. The molecule has 162 valence electrons. The Morgan fingerprint density at radius 1 is 0.686 bits per heavy atom. The van der Waals surface area contributed by atoms with Crippen LogP contribution in [-0.4, -0.2) is 19.4 Å². The zero-order valence-corrected chi connectivity index (χ0v) is 18.8. The van der Waals surface area contributed by atoms with Gasteiger partial charge in [0.15, 0.2) is 0 Å². The van der Waals surface area contributed by atoms with E-state index in [1.54, 1.807) is 0 Å². The first kappa shape index (κ1) is 17.8. The van der Waals surface area contributed by atoms with Gasteiger partial charge >= 0.3 is 0 Å². The molecule has 4 nitrogen and oxygen atoms in total. The van der Waals surface area contributed by atoms with Gasteiger partial charge in [0, 0.05) is 35.8 Å². The summed E-state index contributed by atoms with van der Waals surface area (Å²) in [5, 5.41) is 2.11. The molecule has 7 aromatic rings. The molecule has 0 bridgehead atoms. The van der Waals surface area contributed by atoms with Crippen molar-refractivity contribution in [3.63, 3.8) is 0 Å². The van der Waals surface area contributed by atoms with Gasteiger partial charge in [0.1, 0.15) is 5.65 Å². The normalized spacial score (nSPS) is 13.5. The molecule has 4 heteroatoms. The van der Waals surface area contributed by atoms with E-state index in [2.05, 4.69) is 70.0 Å². The number of pyridine rings is 3. The van der Waals surface area contributed by atoms with Crippen molar-refractivity contribution in [1.29, 1.82) is 0 Å². The first-order valence-corrected chi connectivity index (χ1v) is 12.0. The van der Waals surface area contributed by atoms with E-state index < -0.39 is 0 Å². The predicted octanol–water partition coefficient (Wildman–Crippen LogP) is 6.73. The number of imidazole rings is 1. The van der Waals surface area contributed by atoms with Gasteiger partial charge in [-0.2, -0.15) is 0 Å². The minimum Gasteiger partial charge on any atom is -0.291 e. The molecule has 0 saturated carbocycles. The van der Waals surface area contributed by atoms with Crippen LogP contribution in [0.2, 0.25) is 0 Å². The number of benzene rings is 3. The van der Waals surface area contributed by atoms with Gasteiger partial charge in [-0.3, -0.25) is 14.4 Å². The summed E-state index contributed by atoms with van der Waals surface area (Å²) in [6.45, 7) is 0. The Bertz CT molecular complexity index is 2070. The summed E-state index contributed by atoms with van der Waals surface area (Å²) in [6.07, 6.45) is 7.59. The molecule has 2 aliphatic rings. The van der Waals surface area contributed by atoms with Crippen LogP contribution in [0.5, 0.6) is 0 Å². The number of hydrogen-bond acceptors (Lipinski definition) is 3. The predicted molar refractivity (Wildman–Crippen MR) is 140 cm³/mol. The zero-order chi connectivity index (χ0) is 22.7. The van der Waals surface area contributed by atoms with Gasteiger partial charge < -0.3 is 0 Å². The average molecular weight is 447 g/mol. The molecule has 0 N–H and O–H groups in total. The Morgan fingerprint density at radius 3 is 2.60 bits per heavy atom. The third-order valence-corrected chi connectivity index (χ3v) is 7.98. The first-order chi connectivity index (χ1) is 17.4. The minimum atomic E-state index is 0.922. The Kier molecular flexibility index (Phi) is 3.11. The van der Waals surface area contributed by atoms with Crippen molar-refractivity contribution in [2.45, 2.75) is 12.8 Å². The van der Waals surface area contributed by atoms with E-state index >= 15 is 0 Å². The Hall–Kier alpha value is -4.57. The standard InChI is InChI=1S/C31H18N4/c1-2-5-19-17(4-1)14-18-7-8-20-21-9-10-26-30(24(21)15-23(20)28(18)19)35-27-11-13-32-16-25(27)29-22(31(35)34-26)6-3-12-33-29/h1-13,16H,14-15H2. The second-order valence-electron chi connectivity index (χ2n) is 9.66. The fourth-order valence-electron chi connectivity index (χ4n) is 6.56. The third-order valence-electron chi connectivity index (χ3n) is 7.98. The average Bonchev–Trinajstić information content (AvgIpc) is 3.59. The van der Waals surface area contributed by atoms with Crippen LogP contribution in [0, 0.1) is 0 Å². The quantitative estimate of drug-likeness (QED) is 0.243. The van der Waals surface area contributed by atoms with Crippen molar-refractivity contribution in [2.24, 2.45) is 0 Å². The Balaban J connectivity index is 1.42. The van der Waals surface area contributed by atoms with Gasteiger partial charge in [-0.1, -0.05) is 42.5 Å². The fraction of sp³-hybridized carbons (Fsp3) is 0.0645. The highest BCUT2D eigenvalue weighted by Crippen LogP contribution is 2.49. The summed E-state index contributed by atoms with van der Waals surface area (Å²) in [6, 6.07) is 24.2. The Morgan fingerprint density at radius 2 is 1.60 bits per heavy atom. The van der Waals surface area contributed by atoms with Gasteiger partial charge in [-0.15, -0.1) is 0 Å². The molecule has 0 unspecified atom stereocenters. The molecule has 9 rings (SSSR count). The van der Waals surface area contributed by atoms with Gasteiger partial charge in [-0.05, 0) is 75.2 Å². The second kappa shape index (κ2) is 6.10. The van der Waals surface area contributed by atoms with Crippen LogP contribution in [-0.2, 0) is 12.8 Å². The van der Waals surface area contributed by atoms with Crippen molar-refractivity contribution in [3.8, 4) is 22.3 Å². The van der Waals surface area contributed by atoms with E-state index in [0.717, 1.165) is 45.8 Å². The molecular formula is C31H18N4. The molecule has 0 fully saturated rings. The van der Waals surface area contributed by atoms with Crippen molar-refractivity contribution >= 4 is 38.5 Å². The van der Waals surface area contributed by atoms with Crippen molar-refractivity contribution in [2.75, 3.05) is 0 Å². The lowest BCUT2D eigenvalue weighted by molar-refractivity contribution is 1.22. The van der Waals surface area contributed by atoms with Crippen LogP contribution in [0.4, 0.5) is 0 Å². The van der Waals surface area contributed by atoms with Gasteiger partial charge in [0.05, 0.1) is 22.1 Å². The topological polar surface area (TPSA) is 43.1 Å². The summed E-state index contributed by atoms with van der Waals surface area (Å²) in [5.41, 5.74) is 16.5. The molecule has 0 saturated heterocycles. The number of hydrogen-bond donors (Lipinski definition) is 0. The van der Waals surface area contributed by atoms with E-state index in [1.165, 1.54) is 50.0 Å². The highest BCUT2D eigenvalue weighted by molar-refractivity contribution is 6.12. The molecule has 0 spiro atoms. The van der Waals surface area contributed by atoms with Crippen LogP contribution < -0.4 is 0 Å². The summed E-state index contributed by atoms with van der Waals surface area (Å²) < 4.78 is 2.34. The van der Waals surface area contributed by atoms with Crippen LogP contribution in [0.3, 0.4) is 0 Å². The first-order valence-electron chi connectivity index (χ1n) is 12.0. The number of aromatic nitrogens is 4. The molecular weight excluding hydrogens is 428 g/mol. The van der Waals surface area contributed by atoms with Crippen molar-refractivity contribution < 1.29 is 0 Å². The summed E-state index contributed by atoms with van der Waals surface area (Å²) in [5.74, 6) is 0. The van der Waals surface area contributed by atoms with Gasteiger partial charge in [0.2, 0.25) is 0 Å². The lowest BCUT2D eigenvalue weighted by Gasteiger charge is -2.09. The summed E-state index contributed by atoms with van der Waals surface area (Å²) in [7, 11) is 0. The molecule has 2 aliphatic carbocycles. The van der Waals surface area contributed by atoms with Crippen molar-refractivity contribution in [3.05, 3.63) is 108 Å². The van der Waals surface area contributed by atoms with Crippen LogP contribution in [0.15, 0.2) is 85.3 Å². The van der Waals surface area contributed by atoms with E-state index in [4.69, 9.17) is 9.97 Å². The second-order valence-corrected chi connectivity index (χ2v) is 9.66. The van der Waals surface area contributed by atoms with Gasteiger partial charge in [0.25, 0.3) is 0 Å². The molecule has 4 heterocycles. The smallest absolute Gasteiger partial charge is 0.147 e. The molecule has 0 radical (unpaired) electrons. The molecule has 0 atom stereocenters. The Labute approximate surface area is 200 Å². The summed E-state index contributed by atoms with van der Waals surface area (Å²) in [4.78, 5) is 14.3. The van der Waals surface area contributed by atoms with Crippen molar-refractivity contribution in [1.82, 2.24) is 19.4 Å². The molecule has 4 aromatic heterocycles. The zero-order valence-electron chi connectivity index (χ0n) is 18.8. The number of rotatable bonds is 0. The molecule has 3 aromatic carbocycles. The molecule has 0 aliphatic heterocycles. The van der Waals surface area contributed by atoms with E-state index in [0.29, 0.717) is 0 Å². The third kappa shape index (κ3) is 2.11. The number of fused-ring (bicyclic) bond motifs is 16. The summed E-state index contributed by atoms with van der Waals surface area (Å²) >= 11 is 0. The maximum atomic E-state index is 5.14. The monoisotopic (exact) mass is 446 g/mol. The molecule has 0 amide bonds. The largest absolute Gasteiger partial charge is 0.291 e. The van der Waals surface area contributed by atoms with E-state index in [1.807, 2.05) is 24.7 Å². The minimum absolute atomic E-state index is 0.922. The van der Waals surface area contributed by atoms with Crippen LogP contribution in [0.1, 0.15) is 22.3 Å².